The quantitative estimate of drug-likeness (QED) is 0.757. The molecular formula is C25H30N4O2. The summed E-state index contributed by atoms with van der Waals surface area (Å²) >= 11 is 0. The van der Waals surface area contributed by atoms with Crippen LogP contribution >= 0.6 is 0 Å². The van der Waals surface area contributed by atoms with Crippen molar-refractivity contribution in [1.29, 1.82) is 0 Å². The van der Waals surface area contributed by atoms with E-state index in [1.807, 2.05) is 18.2 Å². The molecule has 2 heterocycles. The van der Waals surface area contributed by atoms with Crippen molar-refractivity contribution < 1.29 is 9.59 Å². The van der Waals surface area contributed by atoms with Gasteiger partial charge < -0.3 is 10.6 Å². The molecule has 2 N–H and O–H groups in total. The summed E-state index contributed by atoms with van der Waals surface area (Å²) in [5, 5.41) is 6.27. The number of amides is 2. The number of hydrogen-bond donors (Lipinski definition) is 2. The summed E-state index contributed by atoms with van der Waals surface area (Å²) in [7, 11) is 0. The van der Waals surface area contributed by atoms with Gasteiger partial charge in [0.25, 0.3) is 0 Å². The van der Waals surface area contributed by atoms with Crippen molar-refractivity contribution in [2.45, 2.75) is 51.1 Å². The van der Waals surface area contributed by atoms with E-state index in [4.69, 9.17) is 0 Å². The first-order valence-corrected chi connectivity index (χ1v) is 11.5. The molecule has 5 rings (SSSR count). The zero-order valence-electron chi connectivity index (χ0n) is 17.8. The van der Waals surface area contributed by atoms with Gasteiger partial charge in [-0.2, -0.15) is 0 Å². The molecule has 1 aliphatic heterocycles. The first-order chi connectivity index (χ1) is 15.1. The maximum atomic E-state index is 13.2. The summed E-state index contributed by atoms with van der Waals surface area (Å²) in [4.78, 5) is 32.3. The number of aromatic nitrogens is 1. The molecule has 2 amide bonds. The van der Waals surface area contributed by atoms with Gasteiger partial charge >= 0.3 is 0 Å². The van der Waals surface area contributed by atoms with Crippen LogP contribution in [0.25, 0.3) is 0 Å². The van der Waals surface area contributed by atoms with Crippen LogP contribution in [0, 0.1) is 11.8 Å². The van der Waals surface area contributed by atoms with Crippen LogP contribution in [0.4, 0.5) is 5.69 Å². The van der Waals surface area contributed by atoms with Crippen LogP contribution in [0.1, 0.15) is 42.4 Å². The third-order valence-corrected chi connectivity index (χ3v) is 6.71. The predicted molar refractivity (Wildman–Crippen MR) is 119 cm³/mol. The van der Waals surface area contributed by atoms with Crippen molar-refractivity contribution in [3.05, 3.63) is 59.4 Å². The van der Waals surface area contributed by atoms with Crippen LogP contribution in [-0.2, 0) is 29.0 Å². The molecule has 162 valence electrons. The highest BCUT2D eigenvalue weighted by Crippen LogP contribution is 2.28. The lowest BCUT2D eigenvalue weighted by molar-refractivity contribution is -0.130. The van der Waals surface area contributed by atoms with E-state index >= 15 is 0 Å². The Kier molecular flexibility index (Phi) is 5.72. The van der Waals surface area contributed by atoms with Crippen molar-refractivity contribution in [2.75, 3.05) is 18.4 Å². The number of anilines is 1. The third-order valence-electron chi connectivity index (χ3n) is 6.71. The maximum Gasteiger partial charge on any atom is 0.228 e. The van der Waals surface area contributed by atoms with Crippen molar-refractivity contribution in [1.82, 2.24) is 15.2 Å². The number of nitrogens with zero attached hydrogens (tertiary/aromatic N) is 2. The van der Waals surface area contributed by atoms with Gasteiger partial charge in [0.1, 0.15) is 0 Å². The lowest BCUT2D eigenvalue weighted by Crippen LogP contribution is -2.49. The number of nitrogens with one attached hydrogen (secondary N) is 2. The van der Waals surface area contributed by atoms with E-state index in [2.05, 4.69) is 32.7 Å². The van der Waals surface area contributed by atoms with Crippen molar-refractivity contribution >= 4 is 17.5 Å². The summed E-state index contributed by atoms with van der Waals surface area (Å²) < 4.78 is 0. The van der Waals surface area contributed by atoms with Gasteiger partial charge in [-0.3, -0.25) is 19.5 Å². The van der Waals surface area contributed by atoms with E-state index in [0.29, 0.717) is 25.6 Å². The maximum absolute atomic E-state index is 13.2. The van der Waals surface area contributed by atoms with E-state index in [9.17, 15) is 9.59 Å². The van der Waals surface area contributed by atoms with E-state index < -0.39 is 0 Å². The van der Waals surface area contributed by atoms with Crippen molar-refractivity contribution in [3.63, 3.8) is 0 Å². The molecule has 2 aliphatic carbocycles. The molecule has 0 spiro atoms. The number of benzene rings is 1. The Morgan fingerprint density at radius 3 is 2.48 bits per heavy atom. The van der Waals surface area contributed by atoms with E-state index in [0.717, 1.165) is 43.5 Å². The van der Waals surface area contributed by atoms with Crippen LogP contribution in [-0.4, -0.2) is 40.8 Å². The molecule has 2 fully saturated rings. The molecule has 3 aliphatic rings. The zero-order chi connectivity index (χ0) is 21.2. The summed E-state index contributed by atoms with van der Waals surface area (Å²) in [5.41, 5.74) is 4.77. The van der Waals surface area contributed by atoms with Crippen molar-refractivity contribution in [3.8, 4) is 0 Å². The summed E-state index contributed by atoms with van der Waals surface area (Å²) in [6.45, 7) is 2.06. The Morgan fingerprint density at radius 2 is 1.71 bits per heavy atom. The van der Waals surface area contributed by atoms with Crippen LogP contribution in [0.3, 0.4) is 0 Å². The fraction of sp³-hybridized carbons (Fsp3) is 0.480. The summed E-state index contributed by atoms with van der Waals surface area (Å²) in [5.74, 6) is -0.260. The topological polar surface area (TPSA) is 74.3 Å². The standard InChI is InChI=1S/C25H30N4O2/c30-24(27-22-6-7-22)20-12-21(16-29(15-20)14-17-8-10-26-11-9-17)25(31)28-23-5-4-18-2-1-3-19(18)13-23/h4-5,8-11,13,20-22H,1-3,6-7,12,14-16H2,(H,27,30)(H,28,31)/t20-,21+/m0/s1. The normalized spacial score (nSPS) is 23.2. The number of carbonyl (C=O) groups is 2. The number of fused-ring (bicyclic) bond motifs is 1. The summed E-state index contributed by atoms with van der Waals surface area (Å²) in [6.07, 6.45) is 9.73. The Labute approximate surface area is 183 Å². The predicted octanol–water partition coefficient (Wildman–Crippen LogP) is 2.93. The molecule has 1 aromatic carbocycles. The molecule has 1 saturated heterocycles. The third kappa shape index (κ3) is 4.96. The van der Waals surface area contributed by atoms with E-state index in [1.54, 1.807) is 12.4 Å². The van der Waals surface area contributed by atoms with E-state index in [1.165, 1.54) is 17.5 Å². The van der Waals surface area contributed by atoms with Crippen molar-refractivity contribution in [2.24, 2.45) is 11.8 Å². The lowest BCUT2D eigenvalue weighted by Gasteiger charge is -2.36. The van der Waals surface area contributed by atoms with E-state index in [-0.39, 0.29) is 23.7 Å². The van der Waals surface area contributed by atoms with Crippen LogP contribution < -0.4 is 10.6 Å². The fourth-order valence-electron chi connectivity index (χ4n) is 4.89. The number of aryl methyl sites for hydroxylation is 2. The minimum Gasteiger partial charge on any atom is -0.353 e. The number of hydrogen-bond acceptors (Lipinski definition) is 4. The average molecular weight is 419 g/mol. The molecule has 0 bridgehead atoms. The highest BCUT2D eigenvalue weighted by atomic mass is 16.2. The minimum atomic E-state index is -0.209. The second-order valence-electron chi connectivity index (χ2n) is 9.29. The first-order valence-electron chi connectivity index (χ1n) is 11.5. The Morgan fingerprint density at radius 1 is 0.968 bits per heavy atom. The van der Waals surface area contributed by atoms with Gasteiger partial charge in [0.15, 0.2) is 0 Å². The van der Waals surface area contributed by atoms with Gasteiger partial charge in [-0.25, -0.2) is 0 Å². The SMILES string of the molecule is O=C(Nc1ccc2c(c1)CCC2)[C@@H]1C[C@H](C(=O)NC2CC2)CN(Cc2ccncc2)C1. The fourth-order valence-corrected chi connectivity index (χ4v) is 4.89. The lowest BCUT2D eigenvalue weighted by atomic mass is 9.87. The Hall–Kier alpha value is -2.73. The molecule has 0 unspecified atom stereocenters. The zero-order valence-corrected chi connectivity index (χ0v) is 17.8. The molecular weight excluding hydrogens is 388 g/mol. The highest BCUT2D eigenvalue weighted by molar-refractivity contribution is 5.93. The second-order valence-corrected chi connectivity index (χ2v) is 9.29. The Balaban J connectivity index is 1.29. The minimum absolute atomic E-state index is 0.0154. The molecule has 2 aromatic rings. The van der Waals surface area contributed by atoms with Gasteiger partial charge in [0.05, 0.1) is 11.8 Å². The average Bonchev–Trinajstić information content (AvgIpc) is 3.47. The molecule has 2 atom stereocenters. The smallest absolute Gasteiger partial charge is 0.228 e. The summed E-state index contributed by atoms with van der Waals surface area (Å²) in [6, 6.07) is 10.6. The van der Waals surface area contributed by atoms with Crippen LogP contribution in [0.5, 0.6) is 0 Å². The largest absolute Gasteiger partial charge is 0.353 e. The van der Waals surface area contributed by atoms with Gasteiger partial charge in [0, 0.05) is 43.8 Å². The molecule has 1 aromatic heterocycles. The van der Waals surface area contributed by atoms with Crippen LogP contribution in [0.15, 0.2) is 42.7 Å². The Bertz CT molecular complexity index is 957. The van der Waals surface area contributed by atoms with Gasteiger partial charge in [-0.15, -0.1) is 0 Å². The number of likely N-dealkylation sites (tertiary alicyclic amines) is 1. The molecule has 6 nitrogen and oxygen atoms in total. The highest BCUT2D eigenvalue weighted by Gasteiger charge is 2.37. The molecule has 6 heteroatoms. The number of piperidine rings is 1. The van der Waals surface area contributed by atoms with Gasteiger partial charge in [0.2, 0.25) is 11.8 Å². The number of pyridine rings is 1. The molecule has 0 radical (unpaired) electrons. The number of carbonyl (C=O) groups excluding carboxylic acids is 2. The van der Waals surface area contributed by atoms with Gasteiger partial charge in [-0.05, 0) is 79.5 Å². The second kappa shape index (κ2) is 8.79. The van der Waals surface area contributed by atoms with Crippen LogP contribution in [0.2, 0.25) is 0 Å². The monoisotopic (exact) mass is 418 g/mol. The molecule has 1 saturated carbocycles. The van der Waals surface area contributed by atoms with Gasteiger partial charge in [-0.1, -0.05) is 6.07 Å². The molecule has 31 heavy (non-hydrogen) atoms. The number of rotatable bonds is 6. The first kappa shape index (κ1) is 20.2.